The molecule has 0 bridgehead atoms. The Morgan fingerprint density at radius 3 is 2.53 bits per heavy atom. The maximum atomic E-state index is 5.78. The fourth-order valence-electron chi connectivity index (χ4n) is 1.58. The maximum absolute atomic E-state index is 5.78. The molecule has 2 rings (SSSR count). The van der Waals surface area contributed by atoms with Crippen molar-refractivity contribution in [1.82, 2.24) is 0 Å². The number of benzene rings is 2. The molecular formula is C14H16O. The molecule has 0 atom stereocenters. The molecule has 1 nitrogen and oxygen atoms in total. The molecule has 15 heavy (non-hydrogen) atoms. The van der Waals surface area contributed by atoms with E-state index in [0.29, 0.717) is 5.92 Å². The van der Waals surface area contributed by atoms with Gasteiger partial charge >= 0.3 is 0 Å². The smallest absolute Gasteiger partial charge is 0.127 e. The zero-order valence-corrected chi connectivity index (χ0v) is 9.23. The number of rotatable bonds is 3. The first-order chi connectivity index (χ1) is 7.27. The number of ether oxygens (including phenoxy) is 1. The zero-order valence-electron chi connectivity index (χ0n) is 9.23. The Labute approximate surface area is 90.7 Å². The van der Waals surface area contributed by atoms with Crippen LogP contribution in [0.5, 0.6) is 5.75 Å². The molecule has 0 aliphatic carbocycles. The van der Waals surface area contributed by atoms with Gasteiger partial charge in [-0.25, -0.2) is 0 Å². The molecule has 2 aromatic carbocycles. The lowest BCUT2D eigenvalue weighted by Crippen LogP contribution is -2.04. The van der Waals surface area contributed by atoms with Gasteiger partial charge in [-0.2, -0.15) is 0 Å². The molecule has 1 heteroatoms. The van der Waals surface area contributed by atoms with E-state index in [1.807, 2.05) is 18.2 Å². The molecular weight excluding hydrogens is 184 g/mol. The van der Waals surface area contributed by atoms with E-state index in [1.165, 1.54) is 10.8 Å². The topological polar surface area (TPSA) is 9.23 Å². The summed E-state index contributed by atoms with van der Waals surface area (Å²) in [6, 6.07) is 14.5. The van der Waals surface area contributed by atoms with Gasteiger partial charge in [-0.15, -0.1) is 0 Å². The average molecular weight is 200 g/mol. The van der Waals surface area contributed by atoms with Crippen LogP contribution in [0.1, 0.15) is 13.8 Å². The van der Waals surface area contributed by atoms with Gasteiger partial charge in [-0.05, 0) is 17.4 Å². The largest absolute Gasteiger partial charge is 0.493 e. The Balaban J connectivity index is 2.34. The van der Waals surface area contributed by atoms with E-state index in [2.05, 4.69) is 38.1 Å². The van der Waals surface area contributed by atoms with E-state index < -0.39 is 0 Å². The van der Waals surface area contributed by atoms with Crippen molar-refractivity contribution in [2.45, 2.75) is 13.8 Å². The Kier molecular flexibility index (Phi) is 2.91. The summed E-state index contributed by atoms with van der Waals surface area (Å²) in [4.78, 5) is 0. The summed E-state index contributed by atoms with van der Waals surface area (Å²) >= 11 is 0. The first-order valence-corrected chi connectivity index (χ1v) is 5.38. The van der Waals surface area contributed by atoms with Crippen LogP contribution >= 0.6 is 0 Å². The van der Waals surface area contributed by atoms with Crippen molar-refractivity contribution in [2.24, 2.45) is 5.92 Å². The van der Waals surface area contributed by atoms with Crippen LogP contribution < -0.4 is 4.74 Å². The van der Waals surface area contributed by atoms with Crippen LogP contribution in [0.4, 0.5) is 0 Å². The van der Waals surface area contributed by atoms with Crippen molar-refractivity contribution in [3.8, 4) is 5.75 Å². The fraction of sp³-hybridized carbons (Fsp3) is 0.286. The molecule has 0 saturated heterocycles. The van der Waals surface area contributed by atoms with Crippen molar-refractivity contribution in [3.05, 3.63) is 42.5 Å². The van der Waals surface area contributed by atoms with Crippen LogP contribution in [-0.4, -0.2) is 6.61 Å². The summed E-state index contributed by atoms with van der Waals surface area (Å²) in [5.41, 5.74) is 0. The van der Waals surface area contributed by atoms with Crippen LogP contribution in [0.3, 0.4) is 0 Å². The molecule has 0 amide bonds. The van der Waals surface area contributed by atoms with Crippen molar-refractivity contribution in [3.63, 3.8) is 0 Å². The summed E-state index contributed by atoms with van der Waals surface area (Å²) in [6.45, 7) is 5.09. The van der Waals surface area contributed by atoms with E-state index >= 15 is 0 Å². The molecule has 2 aromatic rings. The van der Waals surface area contributed by atoms with Crippen molar-refractivity contribution in [2.75, 3.05) is 6.61 Å². The van der Waals surface area contributed by atoms with Crippen LogP contribution in [0.15, 0.2) is 42.5 Å². The molecule has 78 valence electrons. The van der Waals surface area contributed by atoms with E-state index in [0.717, 1.165) is 12.4 Å². The highest BCUT2D eigenvalue weighted by Gasteiger charge is 2.01. The third-order valence-electron chi connectivity index (χ3n) is 2.32. The minimum absolute atomic E-state index is 0.559. The first kappa shape index (κ1) is 10.0. The SMILES string of the molecule is CC(C)COc1cccc2ccccc12. The molecule has 0 radical (unpaired) electrons. The highest BCUT2D eigenvalue weighted by molar-refractivity contribution is 5.88. The molecule has 0 unspecified atom stereocenters. The second kappa shape index (κ2) is 4.35. The van der Waals surface area contributed by atoms with E-state index in [9.17, 15) is 0 Å². The summed E-state index contributed by atoms with van der Waals surface area (Å²) in [7, 11) is 0. The van der Waals surface area contributed by atoms with Gasteiger partial charge < -0.3 is 4.74 Å². The first-order valence-electron chi connectivity index (χ1n) is 5.38. The van der Waals surface area contributed by atoms with Gasteiger partial charge in [0.25, 0.3) is 0 Å². The van der Waals surface area contributed by atoms with Gasteiger partial charge in [-0.3, -0.25) is 0 Å². The molecule has 0 fully saturated rings. The lowest BCUT2D eigenvalue weighted by Gasteiger charge is -2.10. The lowest BCUT2D eigenvalue weighted by molar-refractivity contribution is 0.274. The van der Waals surface area contributed by atoms with E-state index in [1.54, 1.807) is 0 Å². The quantitative estimate of drug-likeness (QED) is 0.730. The summed E-state index contributed by atoms with van der Waals surface area (Å²) < 4.78 is 5.78. The normalized spacial score (nSPS) is 10.9. The fourth-order valence-corrected chi connectivity index (χ4v) is 1.58. The van der Waals surface area contributed by atoms with Gasteiger partial charge in [-0.1, -0.05) is 50.2 Å². The molecule has 0 aliphatic heterocycles. The zero-order chi connectivity index (χ0) is 10.7. The molecule has 0 saturated carbocycles. The number of hydrogen-bond acceptors (Lipinski definition) is 1. The molecule has 0 aromatic heterocycles. The summed E-state index contributed by atoms with van der Waals surface area (Å²) in [5, 5.41) is 2.43. The Morgan fingerprint density at radius 1 is 1.00 bits per heavy atom. The third kappa shape index (κ3) is 2.30. The van der Waals surface area contributed by atoms with Gasteiger partial charge in [0.15, 0.2) is 0 Å². The second-order valence-corrected chi connectivity index (χ2v) is 4.18. The van der Waals surface area contributed by atoms with Crippen LogP contribution in [0.2, 0.25) is 0 Å². The van der Waals surface area contributed by atoms with E-state index in [4.69, 9.17) is 4.74 Å². The minimum atomic E-state index is 0.559. The minimum Gasteiger partial charge on any atom is -0.493 e. The standard InChI is InChI=1S/C14H16O/c1-11(2)10-15-14-9-5-7-12-6-3-4-8-13(12)14/h3-9,11H,10H2,1-2H3. The molecule has 0 N–H and O–H groups in total. The van der Waals surface area contributed by atoms with Gasteiger partial charge in [0.1, 0.15) is 5.75 Å². The van der Waals surface area contributed by atoms with Gasteiger partial charge in [0.2, 0.25) is 0 Å². The average Bonchev–Trinajstić information content (AvgIpc) is 2.26. The van der Waals surface area contributed by atoms with Crippen molar-refractivity contribution < 1.29 is 4.74 Å². The lowest BCUT2D eigenvalue weighted by atomic mass is 10.1. The van der Waals surface area contributed by atoms with Crippen LogP contribution in [-0.2, 0) is 0 Å². The third-order valence-corrected chi connectivity index (χ3v) is 2.32. The predicted octanol–water partition coefficient (Wildman–Crippen LogP) is 3.87. The molecule has 0 heterocycles. The summed E-state index contributed by atoms with van der Waals surface area (Å²) in [5.74, 6) is 1.55. The van der Waals surface area contributed by atoms with Crippen molar-refractivity contribution in [1.29, 1.82) is 0 Å². The van der Waals surface area contributed by atoms with E-state index in [-0.39, 0.29) is 0 Å². The van der Waals surface area contributed by atoms with Crippen LogP contribution in [0.25, 0.3) is 10.8 Å². The molecule has 0 aliphatic rings. The van der Waals surface area contributed by atoms with Crippen LogP contribution in [0, 0.1) is 5.92 Å². The highest BCUT2D eigenvalue weighted by atomic mass is 16.5. The Morgan fingerprint density at radius 2 is 1.73 bits per heavy atom. The number of fused-ring (bicyclic) bond motifs is 1. The second-order valence-electron chi connectivity index (χ2n) is 4.18. The predicted molar refractivity (Wildman–Crippen MR) is 64.3 cm³/mol. The Bertz CT molecular complexity index is 441. The number of hydrogen-bond donors (Lipinski definition) is 0. The summed E-state index contributed by atoms with van der Waals surface area (Å²) in [6.07, 6.45) is 0. The van der Waals surface area contributed by atoms with Gasteiger partial charge in [0, 0.05) is 5.39 Å². The van der Waals surface area contributed by atoms with Gasteiger partial charge in [0.05, 0.1) is 6.61 Å². The Hall–Kier alpha value is -1.50. The monoisotopic (exact) mass is 200 g/mol. The molecule has 0 spiro atoms. The highest BCUT2D eigenvalue weighted by Crippen LogP contribution is 2.25. The van der Waals surface area contributed by atoms with Crippen molar-refractivity contribution >= 4 is 10.8 Å². The maximum Gasteiger partial charge on any atom is 0.127 e.